The van der Waals surface area contributed by atoms with E-state index in [1.165, 1.54) is 13.2 Å². The van der Waals surface area contributed by atoms with Crippen LogP contribution >= 0.6 is 0 Å². The Morgan fingerprint density at radius 3 is 2.80 bits per heavy atom. The second-order valence-electron chi connectivity index (χ2n) is 5.85. The van der Waals surface area contributed by atoms with Crippen LogP contribution in [0, 0.1) is 5.82 Å². The second kappa shape index (κ2) is 6.60. The normalized spacial score (nSPS) is 13.6. The van der Waals surface area contributed by atoms with Crippen LogP contribution in [-0.4, -0.2) is 27.6 Å². The molecule has 2 aromatic heterocycles. The number of benzene rings is 1. The van der Waals surface area contributed by atoms with Gasteiger partial charge in [0, 0.05) is 25.9 Å². The van der Waals surface area contributed by atoms with Gasteiger partial charge in [-0.1, -0.05) is 18.2 Å². The number of rotatable bonds is 5. The van der Waals surface area contributed by atoms with Gasteiger partial charge in [0.05, 0.1) is 23.8 Å². The van der Waals surface area contributed by atoms with Gasteiger partial charge >= 0.3 is 0 Å². The monoisotopic (exact) mass is 342 g/mol. The van der Waals surface area contributed by atoms with E-state index >= 15 is 0 Å². The molecule has 0 aliphatic rings. The number of fused-ring (bicyclic) bond motifs is 1. The minimum Gasteiger partial charge on any atom is -0.364 e. The van der Waals surface area contributed by atoms with Crippen LogP contribution in [0.5, 0.6) is 0 Å². The van der Waals surface area contributed by atoms with Crippen molar-refractivity contribution < 1.29 is 13.9 Å². The number of carbonyl (C=O) groups excluding carboxylic acids is 1. The molecule has 0 bridgehead atoms. The zero-order valence-electron chi connectivity index (χ0n) is 14.3. The zero-order valence-corrected chi connectivity index (χ0v) is 14.3. The number of aryl methyl sites for hydroxylation is 1. The van der Waals surface area contributed by atoms with Crippen molar-refractivity contribution in [1.82, 2.24) is 19.9 Å². The first-order valence-corrected chi connectivity index (χ1v) is 7.81. The van der Waals surface area contributed by atoms with Crippen LogP contribution in [0.1, 0.15) is 18.3 Å². The van der Waals surface area contributed by atoms with Crippen molar-refractivity contribution in [2.75, 3.05) is 7.11 Å². The number of nitrogens with zero attached hydrogens (tertiary/aromatic N) is 3. The lowest BCUT2D eigenvalue weighted by molar-refractivity contribution is -0.143. The summed E-state index contributed by atoms with van der Waals surface area (Å²) in [6.45, 7) is 1.73. The molecular formula is C18H19FN4O2. The molecule has 2 heterocycles. The van der Waals surface area contributed by atoms with Crippen molar-refractivity contribution in [3.63, 3.8) is 0 Å². The van der Waals surface area contributed by atoms with Gasteiger partial charge in [-0.05, 0) is 19.1 Å². The molecule has 3 aromatic rings. The molecule has 0 aliphatic heterocycles. The maximum atomic E-state index is 14.1. The van der Waals surface area contributed by atoms with Crippen molar-refractivity contribution in [2.45, 2.75) is 19.1 Å². The Balaban J connectivity index is 1.83. The van der Waals surface area contributed by atoms with E-state index < -0.39 is 17.3 Å². The van der Waals surface area contributed by atoms with Gasteiger partial charge in [0.15, 0.2) is 5.60 Å². The highest BCUT2D eigenvalue weighted by molar-refractivity contribution is 5.86. The molecule has 1 amide bonds. The molecule has 0 saturated heterocycles. The number of hydrogen-bond acceptors (Lipinski definition) is 4. The molecule has 25 heavy (non-hydrogen) atoms. The van der Waals surface area contributed by atoms with Gasteiger partial charge in [0.2, 0.25) is 0 Å². The molecule has 7 heteroatoms. The van der Waals surface area contributed by atoms with Crippen LogP contribution < -0.4 is 5.32 Å². The van der Waals surface area contributed by atoms with E-state index in [2.05, 4.69) is 15.3 Å². The third-order valence-corrected chi connectivity index (χ3v) is 4.41. The summed E-state index contributed by atoms with van der Waals surface area (Å²) in [5.74, 6) is -0.260. The molecule has 3 rings (SSSR count). The Kier molecular flexibility index (Phi) is 4.50. The third kappa shape index (κ3) is 2.98. The van der Waals surface area contributed by atoms with E-state index in [0.717, 1.165) is 11.0 Å². The molecule has 0 saturated carbocycles. The molecule has 0 unspecified atom stereocenters. The van der Waals surface area contributed by atoms with E-state index in [9.17, 15) is 9.18 Å². The Morgan fingerprint density at radius 1 is 1.36 bits per heavy atom. The number of carbonyl (C=O) groups is 1. The summed E-state index contributed by atoms with van der Waals surface area (Å²) >= 11 is 0. The highest BCUT2D eigenvalue weighted by Crippen LogP contribution is 2.27. The minimum absolute atomic E-state index is 0.184. The smallest absolute Gasteiger partial charge is 0.257 e. The largest absolute Gasteiger partial charge is 0.364 e. The summed E-state index contributed by atoms with van der Waals surface area (Å²) < 4.78 is 21.3. The lowest BCUT2D eigenvalue weighted by atomic mass is 9.94. The van der Waals surface area contributed by atoms with Crippen molar-refractivity contribution in [3.05, 3.63) is 59.9 Å². The second-order valence-corrected chi connectivity index (χ2v) is 5.85. The molecule has 0 fully saturated rings. The van der Waals surface area contributed by atoms with Crippen LogP contribution in [0.4, 0.5) is 4.39 Å². The molecule has 1 aromatic carbocycles. The molecule has 1 N–H and O–H groups in total. The van der Waals surface area contributed by atoms with E-state index in [-0.39, 0.29) is 12.1 Å². The van der Waals surface area contributed by atoms with Crippen LogP contribution in [0.25, 0.3) is 11.0 Å². The topological polar surface area (TPSA) is 69.0 Å². The van der Waals surface area contributed by atoms with E-state index in [1.54, 1.807) is 43.6 Å². The molecular weight excluding hydrogens is 323 g/mol. The third-order valence-electron chi connectivity index (χ3n) is 4.41. The number of amides is 1. The van der Waals surface area contributed by atoms with Gasteiger partial charge in [0.1, 0.15) is 11.6 Å². The van der Waals surface area contributed by atoms with Crippen LogP contribution in [0.2, 0.25) is 0 Å². The molecule has 0 radical (unpaired) electrons. The predicted molar refractivity (Wildman–Crippen MR) is 91.1 cm³/mol. The van der Waals surface area contributed by atoms with Crippen LogP contribution in [-0.2, 0) is 28.7 Å². The average Bonchev–Trinajstić information content (AvgIpc) is 2.95. The number of ether oxygens (including phenoxy) is 1. The highest BCUT2D eigenvalue weighted by atomic mass is 19.1. The first kappa shape index (κ1) is 17.0. The molecule has 1 atom stereocenters. The van der Waals surface area contributed by atoms with Gasteiger partial charge in [-0.25, -0.2) is 9.37 Å². The van der Waals surface area contributed by atoms with E-state index in [1.807, 2.05) is 11.6 Å². The number of halogens is 1. The summed E-state index contributed by atoms with van der Waals surface area (Å²) in [5, 5.41) is 2.78. The summed E-state index contributed by atoms with van der Waals surface area (Å²) in [4.78, 5) is 21.2. The highest BCUT2D eigenvalue weighted by Gasteiger charge is 2.37. The van der Waals surface area contributed by atoms with Gasteiger partial charge in [0.25, 0.3) is 5.91 Å². The van der Waals surface area contributed by atoms with Crippen molar-refractivity contribution in [3.8, 4) is 0 Å². The molecule has 0 aliphatic carbocycles. The summed E-state index contributed by atoms with van der Waals surface area (Å²) in [6, 6.07) is 7.89. The standard InChI is InChI=1S/C18H19FN4O2/c1-18(25-3,12-6-4-5-7-13(12)19)17(24)21-11-16-22-14-8-9-20-10-15(14)23(16)2/h4-10H,11H2,1-3H3,(H,21,24)/t18-/m1/s1. The van der Waals surface area contributed by atoms with Crippen molar-refractivity contribution in [2.24, 2.45) is 7.05 Å². The lowest BCUT2D eigenvalue weighted by Crippen LogP contribution is -2.44. The fraction of sp³-hybridized carbons (Fsp3) is 0.278. The number of imidazole rings is 1. The Hall–Kier alpha value is -2.80. The summed E-state index contributed by atoms with van der Waals surface area (Å²) in [7, 11) is 3.23. The first-order chi connectivity index (χ1) is 12.0. The Morgan fingerprint density at radius 2 is 2.12 bits per heavy atom. The fourth-order valence-corrected chi connectivity index (χ4v) is 2.74. The lowest BCUT2D eigenvalue weighted by Gasteiger charge is -2.27. The van der Waals surface area contributed by atoms with Gasteiger partial charge in [-0.15, -0.1) is 0 Å². The fourth-order valence-electron chi connectivity index (χ4n) is 2.74. The zero-order chi connectivity index (χ0) is 18.0. The van der Waals surface area contributed by atoms with E-state index in [4.69, 9.17) is 4.74 Å². The van der Waals surface area contributed by atoms with Crippen LogP contribution in [0.15, 0.2) is 42.7 Å². The number of hydrogen-bond donors (Lipinski definition) is 1. The van der Waals surface area contributed by atoms with Crippen molar-refractivity contribution in [1.29, 1.82) is 0 Å². The number of nitrogens with one attached hydrogen (secondary N) is 1. The quantitative estimate of drug-likeness (QED) is 0.772. The number of methoxy groups -OCH3 is 1. The van der Waals surface area contributed by atoms with Gasteiger partial charge in [-0.3, -0.25) is 9.78 Å². The van der Waals surface area contributed by atoms with Crippen molar-refractivity contribution >= 4 is 16.9 Å². The molecule has 6 nitrogen and oxygen atoms in total. The summed E-state index contributed by atoms with van der Waals surface area (Å²) in [6.07, 6.45) is 3.38. The van der Waals surface area contributed by atoms with Gasteiger partial charge in [-0.2, -0.15) is 0 Å². The Bertz CT molecular complexity index is 924. The van der Waals surface area contributed by atoms with E-state index in [0.29, 0.717) is 5.82 Å². The average molecular weight is 342 g/mol. The maximum Gasteiger partial charge on any atom is 0.257 e. The predicted octanol–water partition coefficient (Wildman–Crippen LogP) is 2.29. The number of aromatic nitrogens is 3. The summed E-state index contributed by atoms with van der Waals surface area (Å²) in [5.41, 5.74) is 0.419. The molecule has 130 valence electrons. The maximum absolute atomic E-state index is 14.1. The SMILES string of the molecule is CO[C@@](C)(C(=O)NCc1nc2ccncc2n1C)c1ccccc1F. The molecule has 0 spiro atoms. The van der Waals surface area contributed by atoms with Gasteiger partial charge < -0.3 is 14.6 Å². The minimum atomic E-state index is -1.43. The first-order valence-electron chi connectivity index (χ1n) is 7.81. The Labute approximate surface area is 144 Å². The van der Waals surface area contributed by atoms with Crippen LogP contribution in [0.3, 0.4) is 0 Å². The number of pyridine rings is 1.